The van der Waals surface area contributed by atoms with E-state index in [1.165, 1.54) is 0 Å². The van der Waals surface area contributed by atoms with Gasteiger partial charge in [-0.1, -0.05) is 28.1 Å². The average molecular weight is 342 g/mol. The van der Waals surface area contributed by atoms with Crippen LogP contribution in [0.5, 0.6) is 0 Å². The molecule has 20 heavy (non-hydrogen) atoms. The Hall–Kier alpha value is -1.36. The molecule has 0 radical (unpaired) electrons. The fourth-order valence-corrected chi connectivity index (χ4v) is 2.03. The van der Waals surface area contributed by atoms with Gasteiger partial charge in [-0.05, 0) is 44.4 Å². The first-order valence-corrected chi connectivity index (χ1v) is 7.37. The summed E-state index contributed by atoms with van der Waals surface area (Å²) in [6.45, 7) is 5.30. The highest BCUT2D eigenvalue weighted by Gasteiger charge is 2.20. The lowest BCUT2D eigenvalue weighted by atomic mass is 10.0. The maximum absolute atomic E-state index is 11.8. The lowest BCUT2D eigenvalue weighted by Crippen LogP contribution is -2.40. The lowest BCUT2D eigenvalue weighted by molar-refractivity contribution is -0.142. The zero-order valence-corrected chi connectivity index (χ0v) is 13.5. The minimum atomic E-state index is -0.902. The summed E-state index contributed by atoms with van der Waals surface area (Å²) >= 11 is 3.44. The van der Waals surface area contributed by atoms with Crippen molar-refractivity contribution in [3.63, 3.8) is 0 Å². The molecule has 0 heterocycles. The van der Waals surface area contributed by atoms with Gasteiger partial charge in [-0.3, -0.25) is 9.59 Å². The van der Waals surface area contributed by atoms with Crippen molar-refractivity contribution in [2.75, 3.05) is 0 Å². The van der Waals surface area contributed by atoms with Crippen LogP contribution in [0.2, 0.25) is 0 Å². The lowest BCUT2D eigenvalue weighted by Gasteiger charge is -2.17. The molecule has 110 valence electrons. The third-order valence-electron chi connectivity index (χ3n) is 3.39. The predicted molar refractivity (Wildman–Crippen MR) is 81.6 cm³/mol. The highest BCUT2D eigenvalue weighted by molar-refractivity contribution is 9.10. The monoisotopic (exact) mass is 341 g/mol. The summed E-state index contributed by atoms with van der Waals surface area (Å²) in [6.07, 6.45) is 1.01. The quantitative estimate of drug-likeness (QED) is 0.835. The number of halogens is 1. The van der Waals surface area contributed by atoms with Gasteiger partial charge in [0.15, 0.2) is 0 Å². The standard InChI is InChI=1S/C15H20BrNO3/c1-9-8-12(4-6-13(9)16)5-7-14(18)17-11(3)10(2)15(19)20/h4,6,8,10-11H,5,7H2,1-3H3,(H,17,18)(H,19,20). The van der Waals surface area contributed by atoms with Crippen LogP contribution in [-0.2, 0) is 16.0 Å². The number of amides is 1. The molecule has 0 aliphatic heterocycles. The van der Waals surface area contributed by atoms with Gasteiger partial charge >= 0.3 is 5.97 Å². The summed E-state index contributed by atoms with van der Waals surface area (Å²) in [7, 11) is 0. The van der Waals surface area contributed by atoms with Crippen LogP contribution in [0.3, 0.4) is 0 Å². The highest BCUT2D eigenvalue weighted by atomic mass is 79.9. The van der Waals surface area contributed by atoms with Crippen molar-refractivity contribution < 1.29 is 14.7 Å². The van der Waals surface area contributed by atoms with Gasteiger partial charge in [-0.2, -0.15) is 0 Å². The van der Waals surface area contributed by atoms with Crippen molar-refractivity contribution in [2.45, 2.75) is 39.7 Å². The molecule has 1 aromatic rings. The Morgan fingerprint density at radius 3 is 2.55 bits per heavy atom. The number of nitrogens with one attached hydrogen (secondary N) is 1. The van der Waals surface area contributed by atoms with Gasteiger partial charge in [0.25, 0.3) is 0 Å². The first-order valence-electron chi connectivity index (χ1n) is 6.58. The number of carboxylic acid groups (broad SMARTS) is 1. The molecule has 1 aromatic carbocycles. The van der Waals surface area contributed by atoms with Crippen LogP contribution in [0.15, 0.2) is 22.7 Å². The molecule has 5 heteroatoms. The van der Waals surface area contributed by atoms with E-state index in [0.717, 1.165) is 15.6 Å². The van der Waals surface area contributed by atoms with E-state index in [0.29, 0.717) is 12.8 Å². The minimum Gasteiger partial charge on any atom is -0.481 e. The van der Waals surface area contributed by atoms with Gasteiger partial charge in [-0.15, -0.1) is 0 Å². The molecule has 0 aliphatic carbocycles. The van der Waals surface area contributed by atoms with E-state index in [-0.39, 0.29) is 11.9 Å². The van der Waals surface area contributed by atoms with Crippen LogP contribution in [0.4, 0.5) is 0 Å². The van der Waals surface area contributed by atoms with E-state index in [9.17, 15) is 9.59 Å². The summed E-state index contributed by atoms with van der Waals surface area (Å²) in [6, 6.07) is 5.62. The van der Waals surface area contributed by atoms with Crippen LogP contribution in [0, 0.1) is 12.8 Å². The van der Waals surface area contributed by atoms with E-state index < -0.39 is 11.9 Å². The Labute approximate surface area is 127 Å². The first-order chi connectivity index (χ1) is 9.31. The maximum atomic E-state index is 11.8. The second-order valence-electron chi connectivity index (χ2n) is 5.07. The number of hydrogen-bond acceptors (Lipinski definition) is 2. The molecule has 0 fully saturated rings. The molecule has 1 rings (SSSR count). The van der Waals surface area contributed by atoms with E-state index in [4.69, 9.17) is 5.11 Å². The van der Waals surface area contributed by atoms with Crippen molar-refractivity contribution in [3.8, 4) is 0 Å². The number of benzene rings is 1. The van der Waals surface area contributed by atoms with Crippen molar-refractivity contribution in [1.82, 2.24) is 5.32 Å². The SMILES string of the molecule is Cc1cc(CCC(=O)NC(C)C(C)C(=O)O)ccc1Br. The Kier molecular flexibility index (Phi) is 6.20. The van der Waals surface area contributed by atoms with Crippen LogP contribution in [0.1, 0.15) is 31.4 Å². The molecule has 0 saturated carbocycles. The minimum absolute atomic E-state index is 0.119. The average Bonchev–Trinajstić information content (AvgIpc) is 2.39. The van der Waals surface area contributed by atoms with Gasteiger partial charge in [-0.25, -0.2) is 0 Å². The van der Waals surface area contributed by atoms with E-state index in [1.54, 1.807) is 13.8 Å². The molecular formula is C15H20BrNO3. The first kappa shape index (κ1) is 16.7. The summed E-state index contributed by atoms with van der Waals surface area (Å²) < 4.78 is 1.05. The molecule has 2 N–H and O–H groups in total. The smallest absolute Gasteiger partial charge is 0.308 e. The molecule has 0 spiro atoms. The van der Waals surface area contributed by atoms with Crippen LogP contribution >= 0.6 is 15.9 Å². The van der Waals surface area contributed by atoms with Gasteiger partial charge in [0.2, 0.25) is 5.91 Å². The number of carbonyl (C=O) groups is 2. The fourth-order valence-electron chi connectivity index (χ4n) is 1.79. The molecule has 2 unspecified atom stereocenters. The van der Waals surface area contributed by atoms with Crippen molar-refractivity contribution in [2.24, 2.45) is 5.92 Å². The van der Waals surface area contributed by atoms with Crippen LogP contribution < -0.4 is 5.32 Å². The van der Waals surface area contributed by atoms with E-state index in [1.807, 2.05) is 25.1 Å². The Morgan fingerprint density at radius 2 is 2.00 bits per heavy atom. The fraction of sp³-hybridized carbons (Fsp3) is 0.467. The number of hydrogen-bond donors (Lipinski definition) is 2. The van der Waals surface area contributed by atoms with Crippen molar-refractivity contribution in [3.05, 3.63) is 33.8 Å². The van der Waals surface area contributed by atoms with Crippen molar-refractivity contribution in [1.29, 1.82) is 0 Å². The summed E-state index contributed by atoms with van der Waals surface area (Å²) in [5.74, 6) is -1.61. The van der Waals surface area contributed by atoms with Gasteiger partial charge in [0.05, 0.1) is 5.92 Å². The zero-order chi connectivity index (χ0) is 15.3. The third kappa shape index (κ3) is 4.96. The number of aliphatic carboxylic acids is 1. The zero-order valence-electron chi connectivity index (χ0n) is 11.9. The number of rotatable bonds is 6. The molecule has 2 atom stereocenters. The van der Waals surface area contributed by atoms with Gasteiger partial charge in [0, 0.05) is 16.9 Å². The molecule has 4 nitrogen and oxygen atoms in total. The van der Waals surface area contributed by atoms with Crippen LogP contribution in [-0.4, -0.2) is 23.0 Å². The second kappa shape index (κ2) is 7.43. The van der Waals surface area contributed by atoms with Crippen molar-refractivity contribution >= 4 is 27.8 Å². The third-order valence-corrected chi connectivity index (χ3v) is 4.28. The molecule has 0 aromatic heterocycles. The topological polar surface area (TPSA) is 66.4 Å². The van der Waals surface area contributed by atoms with Gasteiger partial charge < -0.3 is 10.4 Å². The summed E-state index contributed by atoms with van der Waals surface area (Å²) in [5.41, 5.74) is 2.23. The van der Waals surface area contributed by atoms with Crippen LogP contribution in [0.25, 0.3) is 0 Å². The molecule has 0 bridgehead atoms. The predicted octanol–water partition coefficient (Wildman–Crippen LogP) is 2.92. The highest BCUT2D eigenvalue weighted by Crippen LogP contribution is 2.18. The Balaban J connectivity index is 2.47. The second-order valence-corrected chi connectivity index (χ2v) is 5.92. The molecule has 0 aliphatic rings. The Morgan fingerprint density at radius 1 is 1.35 bits per heavy atom. The normalized spacial score (nSPS) is 13.6. The van der Waals surface area contributed by atoms with E-state index >= 15 is 0 Å². The number of aryl methyl sites for hydroxylation is 2. The van der Waals surface area contributed by atoms with Gasteiger partial charge in [0.1, 0.15) is 0 Å². The summed E-state index contributed by atoms with van der Waals surface area (Å²) in [5, 5.41) is 11.6. The molecule has 1 amide bonds. The maximum Gasteiger partial charge on any atom is 0.308 e. The number of carbonyl (C=O) groups excluding carboxylic acids is 1. The Bertz CT molecular complexity index is 502. The number of carboxylic acids is 1. The molecule has 0 saturated heterocycles. The van der Waals surface area contributed by atoms with E-state index in [2.05, 4.69) is 21.2 Å². The summed E-state index contributed by atoms with van der Waals surface area (Å²) in [4.78, 5) is 22.6. The molecular weight excluding hydrogens is 322 g/mol. The largest absolute Gasteiger partial charge is 0.481 e.